The van der Waals surface area contributed by atoms with Crippen molar-refractivity contribution in [3.63, 3.8) is 0 Å². The van der Waals surface area contributed by atoms with Crippen molar-refractivity contribution in [2.45, 2.75) is 41.5 Å². The fourth-order valence-electron chi connectivity index (χ4n) is 5.07. The van der Waals surface area contributed by atoms with Crippen molar-refractivity contribution in [2.24, 2.45) is 0 Å². The maximum absolute atomic E-state index is 15.3. The first-order valence-corrected chi connectivity index (χ1v) is 17.0. The zero-order valence-corrected chi connectivity index (χ0v) is 25.9. The molecule has 2 aliphatic rings. The monoisotopic (exact) mass is 640 g/mol. The molecule has 0 bridgehead atoms. The van der Waals surface area contributed by atoms with Gasteiger partial charge in [0.25, 0.3) is 0 Å². The Labute approximate surface area is 251 Å². The molecule has 5 rings (SSSR count). The summed E-state index contributed by atoms with van der Waals surface area (Å²) in [5.41, 5.74) is -3.67. The van der Waals surface area contributed by atoms with E-state index in [4.69, 9.17) is 9.47 Å². The largest absolute Gasteiger partial charge is 0.480 e. The van der Waals surface area contributed by atoms with Crippen molar-refractivity contribution in [1.29, 1.82) is 0 Å². The molecule has 3 aromatic heterocycles. The number of alkyl halides is 4. The van der Waals surface area contributed by atoms with Gasteiger partial charge in [0, 0.05) is 13.1 Å². The summed E-state index contributed by atoms with van der Waals surface area (Å²) < 4.78 is 80.3. The lowest BCUT2D eigenvalue weighted by atomic mass is 9.92. The number of rotatable bonds is 8. The Morgan fingerprint density at radius 2 is 2.02 bits per heavy atom. The van der Waals surface area contributed by atoms with Crippen LogP contribution >= 0.6 is 18.9 Å². The van der Waals surface area contributed by atoms with Crippen LogP contribution in [0, 0.1) is 11.8 Å². The van der Waals surface area contributed by atoms with Crippen LogP contribution in [-0.2, 0) is 9.30 Å². The number of methoxy groups -OCH3 is 1. The molecule has 0 aliphatic carbocycles. The van der Waals surface area contributed by atoms with E-state index in [-0.39, 0.29) is 52.4 Å². The minimum atomic E-state index is -4.57. The van der Waals surface area contributed by atoms with Crippen molar-refractivity contribution in [3.05, 3.63) is 36.0 Å². The number of piperidine rings is 1. The number of anilines is 2. The molecule has 3 aromatic rings. The summed E-state index contributed by atoms with van der Waals surface area (Å²) >= 11 is -0.288. The second-order valence-electron chi connectivity index (χ2n) is 11.2. The van der Waals surface area contributed by atoms with Gasteiger partial charge in [-0.05, 0) is 68.6 Å². The van der Waals surface area contributed by atoms with Crippen LogP contribution in [0.2, 0.25) is 0 Å². The van der Waals surface area contributed by atoms with Gasteiger partial charge < -0.3 is 24.7 Å². The van der Waals surface area contributed by atoms with Crippen LogP contribution in [0.15, 0.2) is 35.2 Å². The molecule has 0 radical (unpaired) electrons. The van der Waals surface area contributed by atoms with Gasteiger partial charge in [-0.1, -0.05) is 12.0 Å². The second-order valence-corrected chi connectivity index (χ2v) is 15.4. The molecule has 5 heterocycles. The fourth-order valence-corrected chi connectivity index (χ4v) is 6.52. The molecular formula is C28H33F4N6O3PS. The third-order valence-corrected chi connectivity index (χ3v) is 9.65. The quantitative estimate of drug-likeness (QED) is 0.158. The van der Waals surface area contributed by atoms with Gasteiger partial charge in [-0.3, -0.25) is 4.90 Å². The Bertz CT molecular complexity index is 1600. The third kappa shape index (κ3) is 7.06. The Balaban J connectivity index is 1.36. The van der Waals surface area contributed by atoms with E-state index in [1.165, 1.54) is 17.7 Å². The summed E-state index contributed by atoms with van der Waals surface area (Å²) in [5.74, 6) is 6.18. The first-order valence-electron chi connectivity index (χ1n) is 13.6. The van der Waals surface area contributed by atoms with Crippen molar-refractivity contribution in [3.8, 4) is 17.7 Å². The standard InChI is InChI=1S/C28H33F4N6O3PS/c1-27(16-41-17-27)37-14-12-19(18(29)15-37)34-23-9-5-8-22-25(43-28(30,31)32)20(36-38(22)23)7-6-13-33-21-10-11-24(42(3,4)39)35-26(21)40-2/h5,8-11,18-19,33-34H,12-17H2,1-4H3/t18-,19+/m0/s1. The highest BCUT2D eigenvalue weighted by molar-refractivity contribution is 8.00. The molecule has 2 fully saturated rings. The van der Waals surface area contributed by atoms with Gasteiger partial charge >= 0.3 is 5.51 Å². The maximum atomic E-state index is 15.3. The molecule has 2 N–H and O–H groups in total. The Hall–Kier alpha value is -2.98. The highest BCUT2D eigenvalue weighted by atomic mass is 32.2. The number of likely N-dealkylation sites (tertiary alicyclic amines) is 1. The zero-order chi connectivity index (χ0) is 31.0. The van der Waals surface area contributed by atoms with E-state index in [0.717, 1.165) is 0 Å². The van der Waals surface area contributed by atoms with E-state index < -0.39 is 24.9 Å². The molecule has 9 nitrogen and oxygen atoms in total. The first-order chi connectivity index (χ1) is 20.3. The third-order valence-electron chi connectivity index (χ3n) is 7.46. The van der Waals surface area contributed by atoms with Gasteiger partial charge in [-0.2, -0.15) is 18.3 Å². The molecule has 2 atom stereocenters. The average molecular weight is 641 g/mol. The number of ether oxygens (including phenoxy) is 2. The number of hydrogen-bond acceptors (Lipinski definition) is 9. The van der Waals surface area contributed by atoms with Crippen LogP contribution < -0.4 is 20.8 Å². The summed E-state index contributed by atoms with van der Waals surface area (Å²) in [7, 11) is -1.17. The van der Waals surface area contributed by atoms with Crippen molar-refractivity contribution < 1.29 is 31.6 Å². The molecule has 2 saturated heterocycles. The molecule has 0 amide bonds. The number of fused-ring (bicyclic) bond motifs is 1. The Morgan fingerprint density at radius 1 is 1.26 bits per heavy atom. The van der Waals surface area contributed by atoms with E-state index in [0.29, 0.717) is 43.1 Å². The normalized spacial score (nSPS) is 20.7. The zero-order valence-electron chi connectivity index (χ0n) is 24.2. The topological polar surface area (TPSA) is 93.0 Å². The summed E-state index contributed by atoms with van der Waals surface area (Å²) in [6.07, 6.45) is -0.668. The number of nitrogens with zero attached hydrogens (tertiary/aromatic N) is 4. The van der Waals surface area contributed by atoms with Gasteiger partial charge in [0.2, 0.25) is 5.88 Å². The van der Waals surface area contributed by atoms with E-state index in [2.05, 4.69) is 44.4 Å². The van der Waals surface area contributed by atoms with Crippen LogP contribution in [0.4, 0.5) is 29.1 Å². The van der Waals surface area contributed by atoms with E-state index in [1.54, 1.807) is 37.6 Å². The molecule has 43 heavy (non-hydrogen) atoms. The molecule has 0 spiro atoms. The highest BCUT2D eigenvalue weighted by Gasteiger charge is 2.43. The summed E-state index contributed by atoms with van der Waals surface area (Å²) in [5, 5.41) is 10.6. The maximum Gasteiger partial charge on any atom is 0.446 e. The van der Waals surface area contributed by atoms with Gasteiger partial charge in [-0.25, -0.2) is 13.9 Å². The summed E-state index contributed by atoms with van der Waals surface area (Å²) in [6, 6.07) is 7.57. The predicted octanol–water partition coefficient (Wildman–Crippen LogP) is 4.67. The summed E-state index contributed by atoms with van der Waals surface area (Å²) in [6.45, 7) is 7.36. The molecule has 0 aromatic carbocycles. The lowest BCUT2D eigenvalue weighted by Gasteiger charge is -2.50. The predicted molar refractivity (Wildman–Crippen MR) is 160 cm³/mol. The first kappa shape index (κ1) is 31.4. The molecule has 0 unspecified atom stereocenters. The van der Waals surface area contributed by atoms with Gasteiger partial charge in [0.1, 0.15) is 30.3 Å². The Morgan fingerprint density at radius 3 is 2.65 bits per heavy atom. The number of hydrogen-bond donors (Lipinski definition) is 2. The van der Waals surface area contributed by atoms with Crippen molar-refractivity contribution in [1.82, 2.24) is 19.5 Å². The second kappa shape index (κ2) is 12.2. The number of thioether (sulfide) groups is 1. The number of aromatic nitrogens is 3. The van der Waals surface area contributed by atoms with Crippen LogP contribution in [0.1, 0.15) is 19.0 Å². The number of nitrogens with one attached hydrogen (secondary N) is 2. The number of pyridine rings is 2. The Kier molecular flexibility index (Phi) is 8.91. The minimum absolute atomic E-state index is 0.0501. The van der Waals surface area contributed by atoms with E-state index in [9.17, 15) is 17.7 Å². The smallest absolute Gasteiger partial charge is 0.446 e. The molecule has 0 saturated carbocycles. The average Bonchev–Trinajstić information content (AvgIpc) is 3.26. The molecule has 15 heteroatoms. The molecule has 232 valence electrons. The number of halogens is 4. The van der Waals surface area contributed by atoms with Crippen molar-refractivity contribution >= 4 is 41.4 Å². The van der Waals surface area contributed by atoms with Crippen molar-refractivity contribution in [2.75, 3.05) is 63.9 Å². The molecule has 2 aliphatic heterocycles. The van der Waals surface area contributed by atoms with E-state index in [1.807, 2.05) is 0 Å². The SMILES string of the molecule is COc1nc(P(C)(C)=O)ccc1NCC#Cc1nn2c(N[C@@H]3CCN(C4(C)COC4)C[C@@H]3F)cccc2c1SC(F)(F)F. The van der Waals surface area contributed by atoms with Gasteiger partial charge in [0.15, 0.2) is 0 Å². The fraction of sp³-hybridized carbons (Fsp3) is 0.500. The van der Waals surface area contributed by atoms with Gasteiger partial charge in [-0.15, -0.1) is 0 Å². The molecular weight excluding hydrogens is 607 g/mol. The highest BCUT2D eigenvalue weighted by Crippen LogP contribution is 2.41. The van der Waals surface area contributed by atoms with Crippen LogP contribution in [-0.4, -0.2) is 96.0 Å². The lowest BCUT2D eigenvalue weighted by Crippen LogP contribution is -2.64. The van der Waals surface area contributed by atoms with Crippen LogP contribution in [0.25, 0.3) is 5.52 Å². The summed E-state index contributed by atoms with van der Waals surface area (Å²) in [4.78, 5) is 6.24. The lowest BCUT2D eigenvalue weighted by molar-refractivity contribution is -0.142. The van der Waals surface area contributed by atoms with Crippen LogP contribution in [0.3, 0.4) is 0 Å². The minimum Gasteiger partial charge on any atom is -0.480 e. The van der Waals surface area contributed by atoms with E-state index >= 15 is 4.39 Å². The van der Waals surface area contributed by atoms with Crippen LogP contribution in [0.5, 0.6) is 5.88 Å². The van der Waals surface area contributed by atoms with Gasteiger partial charge in [0.05, 0.1) is 54.5 Å².